The van der Waals surface area contributed by atoms with Gasteiger partial charge in [0.2, 0.25) is 5.91 Å². The van der Waals surface area contributed by atoms with E-state index in [4.69, 9.17) is 4.99 Å². The molecule has 0 aliphatic carbocycles. The molecule has 0 spiro atoms. The number of para-hydroxylation sites is 2. The number of amides is 1. The summed E-state index contributed by atoms with van der Waals surface area (Å²) in [5.41, 5.74) is 0.570. The quantitative estimate of drug-likeness (QED) is 0.123. The van der Waals surface area contributed by atoms with Crippen molar-refractivity contribution in [2.75, 3.05) is 64.2 Å². The van der Waals surface area contributed by atoms with E-state index in [1.165, 1.54) is 6.07 Å². The SMILES string of the molecule is CCNC(=NCCNc1ccccc1[N+](=O)[O-])N1CCN(C(C)C(=O)N2CCCC2)CC1.I. The number of likely N-dealkylation sites (tertiary alicyclic amines) is 1. The van der Waals surface area contributed by atoms with E-state index in [2.05, 4.69) is 20.4 Å². The summed E-state index contributed by atoms with van der Waals surface area (Å²) in [5.74, 6) is 1.09. The molecule has 1 unspecified atom stereocenters. The van der Waals surface area contributed by atoms with E-state index in [1.54, 1.807) is 18.2 Å². The Morgan fingerprint density at radius 1 is 1.12 bits per heavy atom. The molecule has 0 saturated carbocycles. The van der Waals surface area contributed by atoms with Crippen molar-refractivity contribution in [2.24, 2.45) is 4.99 Å². The maximum atomic E-state index is 12.7. The van der Waals surface area contributed by atoms with Gasteiger partial charge in [0.15, 0.2) is 5.96 Å². The smallest absolute Gasteiger partial charge is 0.292 e. The Hall–Kier alpha value is -2.15. The van der Waals surface area contributed by atoms with E-state index in [0.717, 1.165) is 64.6 Å². The van der Waals surface area contributed by atoms with Crippen LogP contribution in [0, 0.1) is 10.1 Å². The van der Waals surface area contributed by atoms with Crippen molar-refractivity contribution in [3.8, 4) is 0 Å². The van der Waals surface area contributed by atoms with Crippen molar-refractivity contribution in [2.45, 2.75) is 32.7 Å². The van der Waals surface area contributed by atoms with E-state index >= 15 is 0 Å². The molecule has 0 aromatic heterocycles. The Bertz CT molecular complexity index is 809. The predicted octanol–water partition coefficient (Wildman–Crippen LogP) is 2.22. The standard InChI is InChI=1S/C22H35N7O3.HI/c1-3-23-22(25-11-10-24-19-8-4-5-9-20(19)29(31)32)28-16-14-26(15-17-28)18(2)21(30)27-12-6-7-13-27;/h4-5,8-9,18,24H,3,6-7,10-17H2,1-2H3,(H,23,25);1H. The summed E-state index contributed by atoms with van der Waals surface area (Å²) in [6.45, 7) is 10.8. The number of piperazine rings is 1. The zero-order valence-corrected chi connectivity index (χ0v) is 21.9. The van der Waals surface area contributed by atoms with Crippen LogP contribution in [-0.4, -0.2) is 96.4 Å². The van der Waals surface area contributed by atoms with Crippen LogP contribution in [0.1, 0.15) is 26.7 Å². The predicted molar refractivity (Wildman–Crippen MR) is 141 cm³/mol. The van der Waals surface area contributed by atoms with Crippen molar-refractivity contribution in [1.29, 1.82) is 0 Å². The summed E-state index contributed by atoms with van der Waals surface area (Å²) in [7, 11) is 0. The molecule has 2 saturated heterocycles. The van der Waals surface area contributed by atoms with Crippen LogP contribution in [0.2, 0.25) is 0 Å². The average molecular weight is 573 g/mol. The molecule has 11 heteroatoms. The first-order chi connectivity index (χ1) is 15.5. The molecule has 184 valence electrons. The highest BCUT2D eigenvalue weighted by Gasteiger charge is 2.30. The third-order valence-electron chi connectivity index (χ3n) is 6.06. The van der Waals surface area contributed by atoms with Crippen molar-refractivity contribution in [1.82, 2.24) is 20.0 Å². The summed E-state index contributed by atoms with van der Waals surface area (Å²) in [6, 6.07) is 6.55. The molecule has 2 aliphatic rings. The van der Waals surface area contributed by atoms with Gasteiger partial charge < -0.3 is 20.4 Å². The largest absolute Gasteiger partial charge is 0.378 e. The number of halogens is 1. The average Bonchev–Trinajstić information content (AvgIpc) is 3.35. The highest BCUT2D eigenvalue weighted by molar-refractivity contribution is 14.0. The van der Waals surface area contributed by atoms with Crippen LogP contribution in [0.4, 0.5) is 11.4 Å². The highest BCUT2D eigenvalue weighted by atomic mass is 127. The van der Waals surface area contributed by atoms with E-state index in [-0.39, 0.29) is 46.5 Å². The van der Waals surface area contributed by atoms with Gasteiger partial charge in [-0.15, -0.1) is 24.0 Å². The van der Waals surface area contributed by atoms with Gasteiger partial charge in [-0.05, 0) is 32.8 Å². The zero-order chi connectivity index (χ0) is 22.9. The maximum absolute atomic E-state index is 12.7. The molecule has 2 fully saturated rings. The number of benzene rings is 1. The first kappa shape index (κ1) is 27.1. The topological polar surface area (TPSA) is 106 Å². The molecule has 3 rings (SSSR count). The minimum atomic E-state index is -0.384. The maximum Gasteiger partial charge on any atom is 0.292 e. The molecule has 1 aromatic carbocycles. The number of rotatable bonds is 8. The van der Waals surface area contributed by atoms with Gasteiger partial charge in [0.25, 0.3) is 5.69 Å². The molecule has 33 heavy (non-hydrogen) atoms. The van der Waals surface area contributed by atoms with Crippen molar-refractivity contribution in [3.05, 3.63) is 34.4 Å². The van der Waals surface area contributed by atoms with Crippen LogP contribution < -0.4 is 10.6 Å². The molecular formula is C22H36IN7O3. The Morgan fingerprint density at radius 2 is 1.79 bits per heavy atom. The van der Waals surface area contributed by atoms with Gasteiger partial charge in [-0.2, -0.15) is 0 Å². The van der Waals surface area contributed by atoms with Crippen molar-refractivity contribution in [3.63, 3.8) is 0 Å². The lowest BCUT2D eigenvalue weighted by atomic mass is 10.2. The van der Waals surface area contributed by atoms with Crippen molar-refractivity contribution >= 4 is 47.2 Å². The molecule has 1 amide bonds. The monoisotopic (exact) mass is 573 g/mol. The molecular weight excluding hydrogens is 537 g/mol. The van der Waals surface area contributed by atoms with Crippen LogP contribution in [0.5, 0.6) is 0 Å². The Morgan fingerprint density at radius 3 is 2.42 bits per heavy atom. The first-order valence-electron chi connectivity index (χ1n) is 11.5. The lowest BCUT2D eigenvalue weighted by molar-refractivity contribution is -0.384. The lowest BCUT2D eigenvalue weighted by Gasteiger charge is -2.39. The number of carbonyl (C=O) groups is 1. The summed E-state index contributed by atoms with van der Waals surface area (Å²) >= 11 is 0. The van der Waals surface area contributed by atoms with E-state index in [9.17, 15) is 14.9 Å². The molecule has 0 radical (unpaired) electrons. The first-order valence-corrected chi connectivity index (χ1v) is 11.5. The summed E-state index contributed by atoms with van der Waals surface area (Å²) in [5, 5.41) is 17.6. The molecule has 10 nitrogen and oxygen atoms in total. The second kappa shape index (κ2) is 13.5. The second-order valence-electron chi connectivity index (χ2n) is 8.17. The number of nitrogens with one attached hydrogen (secondary N) is 2. The van der Waals surface area contributed by atoms with E-state index in [0.29, 0.717) is 18.8 Å². The number of hydrogen-bond donors (Lipinski definition) is 2. The molecule has 2 N–H and O–H groups in total. The number of aliphatic imine (C=N–C) groups is 1. The Balaban J connectivity index is 0.00000385. The van der Waals surface area contributed by atoms with Gasteiger partial charge in [0.1, 0.15) is 5.69 Å². The Kier molecular flexibility index (Phi) is 11.1. The summed E-state index contributed by atoms with van der Waals surface area (Å²) in [4.78, 5) is 34.6. The molecule has 2 aliphatic heterocycles. The summed E-state index contributed by atoms with van der Waals surface area (Å²) in [6.07, 6.45) is 2.22. The number of anilines is 1. The van der Waals surface area contributed by atoms with Crippen LogP contribution in [0.3, 0.4) is 0 Å². The Labute approximate surface area is 212 Å². The lowest BCUT2D eigenvalue weighted by Crippen LogP contribution is -2.57. The number of nitrogens with zero attached hydrogens (tertiary/aromatic N) is 5. The van der Waals surface area contributed by atoms with E-state index in [1.807, 2.05) is 18.7 Å². The fourth-order valence-corrected chi connectivity index (χ4v) is 4.24. The van der Waals surface area contributed by atoms with E-state index < -0.39 is 0 Å². The number of nitro groups is 1. The van der Waals surface area contributed by atoms with Crippen LogP contribution in [0.15, 0.2) is 29.3 Å². The van der Waals surface area contributed by atoms with Gasteiger partial charge in [0, 0.05) is 58.4 Å². The molecule has 0 bridgehead atoms. The van der Waals surface area contributed by atoms with Gasteiger partial charge in [0.05, 0.1) is 17.5 Å². The normalized spacial score (nSPS) is 17.9. The molecule has 1 aromatic rings. The van der Waals surface area contributed by atoms with Crippen molar-refractivity contribution < 1.29 is 9.72 Å². The minimum absolute atomic E-state index is 0. The number of hydrogen-bond acceptors (Lipinski definition) is 6. The molecule has 1 atom stereocenters. The highest BCUT2D eigenvalue weighted by Crippen LogP contribution is 2.22. The summed E-state index contributed by atoms with van der Waals surface area (Å²) < 4.78 is 0. The zero-order valence-electron chi connectivity index (χ0n) is 19.5. The number of nitro benzene ring substituents is 1. The third-order valence-corrected chi connectivity index (χ3v) is 6.06. The van der Waals surface area contributed by atoms with Crippen LogP contribution >= 0.6 is 24.0 Å². The third kappa shape index (κ3) is 7.42. The fraction of sp³-hybridized carbons (Fsp3) is 0.636. The molecule has 2 heterocycles. The van der Waals surface area contributed by atoms with Crippen LogP contribution in [-0.2, 0) is 4.79 Å². The second-order valence-corrected chi connectivity index (χ2v) is 8.17. The number of carbonyl (C=O) groups excluding carboxylic acids is 1. The van der Waals surface area contributed by atoms with Gasteiger partial charge >= 0.3 is 0 Å². The van der Waals surface area contributed by atoms with Gasteiger partial charge in [-0.3, -0.25) is 24.8 Å². The minimum Gasteiger partial charge on any atom is -0.378 e. The van der Waals surface area contributed by atoms with Crippen LogP contribution in [0.25, 0.3) is 0 Å². The fourth-order valence-electron chi connectivity index (χ4n) is 4.24. The van der Waals surface area contributed by atoms with Gasteiger partial charge in [-0.25, -0.2) is 0 Å². The number of guanidine groups is 1. The van der Waals surface area contributed by atoms with Gasteiger partial charge in [-0.1, -0.05) is 12.1 Å².